The summed E-state index contributed by atoms with van der Waals surface area (Å²) in [5, 5.41) is 2.14. The maximum atomic E-state index is 12.6. The van der Waals surface area contributed by atoms with Crippen LogP contribution < -0.4 is 10.4 Å². The van der Waals surface area contributed by atoms with Crippen molar-refractivity contribution in [2.45, 2.75) is 38.8 Å². The summed E-state index contributed by atoms with van der Waals surface area (Å²) in [7, 11) is 0. The Hall–Kier alpha value is -2.01. The quantitative estimate of drug-likeness (QED) is 0.530. The second-order valence-electron chi connectivity index (χ2n) is 7.48. The molecule has 0 fully saturated rings. The molecular formula is C22H19Cl2NO3. The summed E-state index contributed by atoms with van der Waals surface area (Å²) < 4.78 is 11.8. The van der Waals surface area contributed by atoms with Gasteiger partial charge in [-0.3, -0.25) is 4.90 Å². The van der Waals surface area contributed by atoms with Crippen molar-refractivity contribution in [3.05, 3.63) is 73.1 Å². The van der Waals surface area contributed by atoms with E-state index in [-0.39, 0.29) is 5.63 Å². The Labute approximate surface area is 172 Å². The fourth-order valence-electron chi connectivity index (χ4n) is 4.26. The van der Waals surface area contributed by atoms with Gasteiger partial charge in [0.2, 0.25) is 0 Å². The molecule has 0 saturated carbocycles. The van der Waals surface area contributed by atoms with Crippen LogP contribution in [-0.4, -0.2) is 11.6 Å². The molecule has 1 aliphatic heterocycles. The van der Waals surface area contributed by atoms with Crippen LogP contribution in [0.2, 0.25) is 10.0 Å². The zero-order chi connectivity index (χ0) is 19.3. The standard InChI is InChI=1S/C22H19Cl2NO3/c23-18-7-5-13(9-19(18)24)10-25-11-17-20(27-12-25)8-6-15-14-3-1-2-4-16(14)22(26)28-21(15)17/h5-9H,1-4,10-12H2. The van der Waals surface area contributed by atoms with Crippen LogP contribution in [0.4, 0.5) is 0 Å². The highest BCUT2D eigenvalue weighted by Gasteiger charge is 2.25. The summed E-state index contributed by atoms with van der Waals surface area (Å²) in [5.41, 5.74) is 4.47. The second kappa shape index (κ2) is 7.11. The zero-order valence-corrected chi connectivity index (χ0v) is 16.8. The molecule has 144 valence electrons. The van der Waals surface area contributed by atoms with Crippen LogP contribution in [0.15, 0.2) is 39.5 Å². The van der Waals surface area contributed by atoms with Gasteiger partial charge in [-0.15, -0.1) is 0 Å². The monoisotopic (exact) mass is 415 g/mol. The van der Waals surface area contributed by atoms with Crippen LogP contribution in [0, 0.1) is 0 Å². The molecule has 4 nitrogen and oxygen atoms in total. The Morgan fingerprint density at radius 2 is 1.79 bits per heavy atom. The molecule has 0 amide bonds. The molecule has 0 atom stereocenters. The van der Waals surface area contributed by atoms with Crippen molar-refractivity contribution in [3.8, 4) is 5.75 Å². The van der Waals surface area contributed by atoms with Crippen LogP contribution in [-0.2, 0) is 25.9 Å². The predicted molar refractivity (Wildman–Crippen MR) is 110 cm³/mol. The van der Waals surface area contributed by atoms with Gasteiger partial charge in [-0.25, -0.2) is 4.79 Å². The number of benzene rings is 2. The van der Waals surface area contributed by atoms with Crippen molar-refractivity contribution in [2.24, 2.45) is 0 Å². The van der Waals surface area contributed by atoms with E-state index in [1.807, 2.05) is 24.3 Å². The summed E-state index contributed by atoms with van der Waals surface area (Å²) in [6.07, 6.45) is 3.91. The van der Waals surface area contributed by atoms with Crippen LogP contribution in [0.5, 0.6) is 5.75 Å². The van der Waals surface area contributed by atoms with Crippen molar-refractivity contribution in [1.29, 1.82) is 0 Å². The van der Waals surface area contributed by atoms with Crippen LogP contribution in [0.1, 0.15) is 35.1 Å². The second-order valence-corrected chi connectivity index (χ2v) is 8.30. The number of aryl methyl sites for hydroxylation is 1. The van der Waals surface area contributed by atoms with Gasteiger partial charge in [0.1, 0.15) is 18.1 Å². The Kier molecular flexibility index (Phi) is 4.58. The molecule has 2 heterocycles. The third-order valence-electron chi connectivity index (χ3n) is 5.63. The molecule has 0 bridgehead atoms. The van der Waals surface area contributed by atoms with E-state index in [0.717, 1.165) is 59.1 Å². The number of fused-ring (bicyclic) bond motifs is 5. The van der Waals surface area contributed by atoms with Crippen molar-refractivity contribution < 1.29 is 9.15 Å². The Balaban J connectivity index is 1.53. The fourth-order valence-corrected chi connectivity index (χ4v) is 4.58. The Morgan fingerprint density at radius 3 is 2.61 bits per heavy atom. The minimum Gasteiger partial charge on any atom is -0.478 e. The number of rotatable bonds is 2. The summed E-state index contributed by atoms with van der Waals surface area (Å²) >= 11 is 12.2. The largest absolute Gasteiger partial charge is 0.478 e. The van der Waals surface area contributed by atoms with Gasteiger partial charge in [-0.1, -0.05) is 29.3 Å². The van der Waals surface area contributed by atoms with E-state index >= 15 is 0 Å². The van der Waals surface area contributed by atoms with Crippen molar-refractivity contribution in [1.82, 2.24) is 4.90 Å². The van der Waals surface area contributed by atoms with E-state index in [2.05, 4.69) is 4.90 Å². The van der Waals surface area contributed by atoms with Gasteiger partial charge >= 0.3 is 5.63 Å². The summed E-state index contributed by atoms with van der Waals surface area (Å²) in [6.45, 7) is 1.78. The van der Waals surface area contributed by atoms with Gasteiger partial charge in [0, 0.05) is 24.0 Å². The molecule has 1 aliphatic carbocycles. The summed E-state index contributed by atoms with van der Waals surface area (Å²) in [5.74, 6) is 0.789. The normalized spacial score (nSPS) is 16.5. The smallest absolute Gasteiger partial charge is 0.339 e. The minimum absolute atomic E-state index is 0.197. The van der Waals surface area contributed by atoms with Crippen LogP contribution in [0.25, 0.3) is 11.0 Å². The lowest BCUT2D eigenvalue weighted by Gasteiger charge is -2.30. The first kappa shape index (κ1) is 18.0. The highest BCUT2D eigenvalue weighted by atomic mass is 35.5. The summed E-state index contributed by atoms with van der Waals surface area (Å²) in [6, 6.07) is 9.68. The van der Waals surface area contributed by atoms with E-state index < -0.39 is 0 Å². The van der Waals surface area contributed by atoms with Gasteiger partial charge in [-0.2, -0.15) is 0 Å². The van der Waals surface area contributed by atoms with E-state index in [0.29, 0.717) is 35.4 Å². The summed E-state index contributed by atoms with van der Waals surface area (Å²) in [4.78, 5) is 14.7. The van der Waals surface area contributed by atoms with E-state index in [9.17, 15) is 4.79 Å². The topological polar surface area (TPSA) is 42.7 Å². The number of hydrogen-bond donors (Lipinski definition) is 0. The molecule has 0 radical (unpaired) electrons. The molecule has 0 N–H and O–H groups in total. The first-order valence-corrected chi connectivity index (χ1v) is 10.3. The highest BCUT2D eigenvalue weighted by Crippen LogP contribution is 2.36. The Morgan fingerprint density at radius 1 is 0.964 bits per heavy atom. The van der Waals surface area contributed by atoms with Gasteiger partial charge in [-0.05, 0) is 61.1 Å². The molecule has 28 heavy (non-hydrogen) atoms. The first-order chi connectivity index (χ1) is 13.6. The molecule has 6 heteroatoms. The Bertz CT molecular complexity index is 1140. The van der Waals surface area contributed by atoms with Gasteiger partial charge in [0.05, 0.1) is 15.6 Å². The molecule has 0 saturated heterocycles. The third-order valence-corrected chi connectivity index (χ3v) is 6.37. The molecular weight excluding hydrogens is 397 g/mol. The average Bonchev–Trinajstić information content (AvgIpc) is 2.71. The first-order valence-electron chi connectivity index (χ1n) is 9.49. The maximum Gasteiger partial charge on any atom is 0.339 e. The van der Waals surface area contributed by atoms with Crippen molar-refractivity contribution in [3.63, 3.8) is 0 Å². The lowest BCUT2D eigenvalue weighted by atomic mass is 9.90. The molecule has 3 aromatic rings. The lowest BCUT2D eigenvalue weighted by Crippen LogP contribution is -2.32. The van der Waals surface area contributed by atoms with E-state index in [1.54, 1.807) is 6.07 Å². The van der Waals surface area contributed by atoms with Crippen LogP contribution >= 0.6 is 23.2 Å². The van der Waals surface area contributed by atoms with E-state index in [4.69, 9.17) is 32.4 Å². The van der Waals surface area contributed by atoms with E-state index in [1.165, 1.54) is 0 Å². The fraction of sp³-hybridized carbons (Fsp3) is 0.318. The molecule has 5 rings (SSSR count). The zero-order valence-electron chi connectivity index (χ0n) is 15.3. The van der Waals surface area contributed by atoms with Crippen LogP contribution in [0.3, 0.4) is 0 Å². The van der Waals surface area contributed by atoms with Crippen molar-refractivity contribution in [2.75, 3.05) is 6.73 Å². The van der Waals surface area contributed by atoms with Gasteiger partial charge < -0.3 is 9.15 Å². The molecule has 0 unspecified atom stereocenters. The number of ether oxygens (including phenoxy) is 1. The van der Waals surface area contributed by atoms with Gasteiger partial charge in [0.15, 0.2) is 0 Å². The lowest BCUT2D eigenvalue weighted by molar-refractivity contribution is 0.0889. The third kappa shape index (κ3) is 3.10. The predicted octanol–water partition coefficient (Wildman–Crippen LogP) is 5.33. The number of halogens is 2. The molecule has 1 aromatic heterocycles. The highest BCUT2D eigenvalue weighted by molar-refractivity contribution is 6.42. The van der Waals surface area contributed by atoms with Crippen molar-refractivity contribution >= 4 is 34.2 Å². The molecule has 0 spiro atoms. The average molecular weight is 416 g/mol. The number of hydrogen-bond acceptors (Lipinski definition) is 4. The SMILES string of the molecule is O=c1oc2c3c(ccc2c2c1CCCC2)OCN(Cc1ccc(Cl)c(Cl)c1)C3. The molecule has 2 aromatic carbocycles. The molecule has 2 aliphatic rings. The maximum absolute atomic E-state index is 12.6. The minimum atomic E-state index is -0.197. The number of nitrogens with zero attached hydrogens (tertiary/aromatic N) is 1. The van der Waals surface area contributed by atoms with Gasteiger partial charge in [0.25, 0.3) is 0 Å².